The van der Waals surface area contributed by atoms with Crippen molar-refractivity contribution in [2.75, 3.05) is 16.0 Å². The molecule has 1 atom stereocenters. The number of amides is 2. The highest BCUT2D eigenvalue weighted by Crippen LogP contribution is 2.43. The molecular weight excluding hydrogens is 368 g/mol. The quantitative estimate of drug-likeness (QED) is 0.774. The van der Waals surface area contributed by atoms with E-state index in [9.17, 15) is 9.59 Å². The second-order valence-electron chi connectivity index (χ2n) is 7.74. The van der Waals surface area contributed by atoms with E-state index in [0.717, 1.165) is 48.2 Å². The number of rotatable bonds is 4. The molecule has 0 spiro atoms. The van der Waals surface area contributed by atoms with Crippen molar-refractivity contribution in [1.29, 1.82) is 0 Å². The first kappa shape index (κ1) is 19.1. The zero-order chi connectivity index (χ0) is 19.7. The van der Waals surface area contributed by atoms with E-state index in [4.69, 9.17) is 0 Å². The van der Waals surface area contributed by atoms with Crippen LogP contribution in [0.3, 0.4) is 0 Å². The summed E-state index contributed by atoms with van der Waals surface area (Å²) in [5.74, 6) is 0.913. The van der Waals surface area contributed by atoms with Gasteiger partial charge in [-0.05, 0) is 61.6 Å². The van der Waals surface area contributed by atoms with E-state index in [-0.39, 0.29) is 23.1 Å². The zero-order valence-corrected chi connectivity index (χ0v) is 17.2. The number of carbonyl (C=O) groups is 2. The van der Waals surface area contributed by atoms with E-state index in [1.54, 1.807) is 11.8 Å². The fourth-order valence-electron chi connectivity index (χ4n) is 4.09. The molecule has 146 valence electrons. The van der Waals surface area contributed by atoms with Gasteiger partial charge in [-0.1, -0.05) is 37.1 Å². The molecule has 2 aromatic rings. The van der Waals surface area contributed by atoms with Gasteiger partial charge < -0.3 is 5.32 Å². The van der Waals surface area contributed by atoms with E-state index in [2.05, 4.69) is 25.2 Å². The summed E-state index contributed by atoms with van der Waals surface area (Å²) in [6, 6.07) is 14.1. The van der Waals surface area contributed by atoms with Crippen LogP contribution in [0.15, 0.2) is 42.5 Å². The molecule has 1 aliphatic carbocycles. The normalized spacial score (nSPS) is 20.0. The standard InChI is InChI=1S/C23H26N2O2S/c1-15-6-5-9-20(16(15)2)25-21(26)14-28-23(25)18-10-12-19(13-11-18)24-22(27)17-7-3-4-8-17/h5-6,9-13,17,23H,3-4,7-8,14H2,1-2H3,(H,24,27). The number of nitrogens with zero attached hydrogens (tertiary/aromatic N) is 1. The van der Waals surface area contributed by atoms with Crippen LogP contribution in [0.4, 0.5) is 11.4 Å². The van der Waals surface area contributed by atoms with Gasteiger partial charge >= 0.3 is 0 Å². The number of hydrogen-bond donors (Lipinski definition) is 1. The molecule has 1 saturated carbocycles. The lowest BCUT2D eigenvalue weighted by Gasteiger charge is -2.26. The lowest BCUT2D eigenvalue weighted by atomic mass is 10.1. The lowest BCUT2D eigenvalue weighted by molar-refractivity contribution is -0.119. The Labute approximate surface area is 170 Å². The third kappa shape index (κ3) is 3.68. The summed E-state index contributed by atoms with van der Waals surface area (Å²) in [4.78, 5) is 26.9. The minimum absolute atomic E-state index is 0.0346. The van der Waals surface area contributed by atoms with Crippen molar-refractivity contribution in [2.24, 2.45) is 5.92 Å². The lowest BCUT2D eigenvalue weighted by Crippen LogP contribution is -2.28. The average molecular weight is 395 g/mol. The molecule has 1 saturated heterocycles. The van der Waals surface area contributed by atoms with Gasteiger partial charge in [-0.3, -0.25) is 14.5 Å². The summed E-state index contributed by atoms with van der Waals surface area (Å²) in [7, 11) is 0. The van der Waals surface area contributed by atoms with Gasteiger partial charge in [-0.25, -0.2) is 0 Å². The van der Waals surface area contributed by atoms with Crippen molar-refractivity contribution >= 4 is 35.0 Å². The topological polar surface area (TPSA) is 49.4 Å². The van der Waals surface area contributed by atoms with E-state index in [1.165, 1.54) is 5.56 Å². The predicted molar refractivity (Wildman–Crippen MR) is 116 cm³/mol. The van der Waals surface area contributed by atoms with E-state index in [0.29, 0.717) is 5.75 Å². The summed E-state index contributed by atoms with van der Waals surface area (Å²) >= 11 is 1.65. The summed E-state index contributed by atoms with van der Waals surface area (Å²) in [5, 5.41) is 3.01. The van der Waals surface area contributed by atoms with Crippen molar-refractivity contribution < 1.29 is 9.59 Å². The first-order chi connectivity index (χ1) is 13.5. The highest BCUT2D eigenvalue weighted by atomic mass is 32.2. The van der Waals surface area contributed by atoms with Gasteiger partial charge in [0.2, 0.25) is 11.8 Å². The number of anilines is 2. The van der Waals surface area contributed by atoms with Crippen LogP contribution in [0.25, 0.3) is 0 Å². The van der Waals surface area contributed by atoms with Crippen molar-refractivity contribution in [3.05, 3.63) is 59.2 Å². The van der Waals surface area contributed by atoms with Crippen molar-refractivity contribution in [1.82, 2.24) is 0 Å². The van der Waals surface area contributed by atoms with Crippen LogP contribution in [0.1, 0.15) is 47.7 Å². The van der Waals surface area contributed by atoms with Gasteiger partial charge in [0.1, 0.15) is 5.37 Å². The Morgan fingerprint density at radius 1 is 1.07 bits per heavy atom. The summed E-state index contributed by atoms with van der Waals surface area (Å²) < 4.78 is 0. The Hall–Kier alpha value is -2.27. The molecule has 0 radical (unpaired) electrons. The highest BCUT2D eigenvalue weighted by molar-refractivity contribution is 8.00. The van der Waals surface area contributed by atoms with E-state index >= 15 is 0 Å². The largest absolute Gasteiger partial charge is 0.326 e. The van der Waals surface area contributed by atoms with Gasteiger partial charge in [0.15, 0.2) is 0 Å². The van der Waals surface area contributed by atoms with Gasteiger partial charge in [0.25, 0.3) is 0 Å². The molecule has 28 heavy (non-hydrogen) atoms. The van der Waals surface area contributed by atoms with Gasteiger partial charge in [0, 0.05) is 17.3 Å². The maximum atomic E-state index is 12.6. The Bertz CT molecular complexity index is 888. The SMILES string of the molecule is Cc1cccc(N2C(=O)CSC2c2ccc(NC(=O)C3CCCC3)cc2)c1C. The predicted octanol–water partition coefficient (Wildman–Crippen LogP) is 5.21. The summed E-state index contributed by atoms with van der Waals surface area (Å²) in [6.07, 6.45) is 4.29. The maximum absolute atomic E-state index is 12.6. The van der Waals surface area contributed by atoms with Crippen LogP contribution in [0.2, 0.25) is 0 Å². The molecule has 1 N–H and O–H groups in total. The second-order valence-corrected chi connectivity index (χ2v) is 8.81. The first-order valence-electron chi connectivity index (χ1n) is 9.95. The van der Waals surface area contributed by atoms with Crippen LogP contribution in [0, 0.1) is 19.8 Å². The average Bonchev–Trinajstić information content (AvgIpc) is 3.35. The molecular formula is C23H26N2O2S. The highest BCUT2D eigenvalue weighted by Gasteiger charge is 2.35. The Kier molecular flexibility index (Phi) is 5.44. The van der Waals surface area contributed by atoms with Crippen LogP contribution in [0.5, 0.6) is 0 Å². The fraction of sp³-hybridized carbons (Fsp3) is 0.391. The van der Waals surface area contributed by atoms with E-state index < -0.39 is 0 Å². The monoisotopic (exact) mass is 394 g/mol. The zero-order valence-electron chi connectivity index (χ0n) is 16.4. The molecule has 4 nitrogen and oxygen atoms in total. The molecule has 5 heteroatoms. The van der Waals surface area contributed by atoms with E-state index in [1.807, 2.05) is 41.3 Å². The van der Waals surface area contributed by atoms with Crippen LogP contribution in [-0.2, 0) is 9.59 Å². The molecule has 1 aliphatic heterocycles. The fourth-order valence-corrected chi connectivity index (χ4v) is 5.26. The Balaban J connectivity index is 1.53. The number of thioether (sulfide) groups is 1. The summed E-state index contributed by atoms with van der Waals surface area (Å²) in [5.41, 5.74) is 5.22. The van der Waals surface area contributed by atoms with Gasteiger partial charge in [-0.2, -0.15) is 0 Å². The number of hydrogen-bond acceptors (Lipinski definition) is 3. The number of nitrogens with one attached hydrogen (secondary N) is 1. The number of benzene rings is 2. The molecule has 2 aliphatic rings. The third-order valence-corrected chi connectivity index (χ3v) is 7.11. The second kappa shape index (κ2) is 8.00. The number of aryl methyl sites for hydroxylation is 1. The molecule has 0 bridgehead atoms. The smallest absolute Gasteiger partial charge is 0.238 e. The minimum atomic E-state index is -0.0346. The van der Waals surface area contributed by atoms with Gasteiger partial charge in [0.05, 0.1) is 5.75 Å². The molecule has 0 aromatic heterocycles. The van der Waals surface area contributed by atoms with Crippen molar-refractivity contribution in [3.63, 3.8) is 0 Å². The van der Waals surface area contributed by atoms with Crippen LogP contribution < -0.4 is 10.2 Å². The third-order valence-electron chi connectivity index (χ3n) is 5.89. The summed E-state index contributed by atoms with van der Waals surface area (Å²) in [6.45, 7) is 4.14. The Morgan fingerprint density at radius 3 is 2.50 bits per heavy atom. The first-order valence-corrected chi connectivity index (χ1v) is 11.0. The Morgan fingerprint density at radius 2 is 1.79 bits per heavy atom. The van der Waals surface area contributed by atoms with Gasteiger partial charge in [-0.15, -0.1) is 11.8 Å². The molecule has 2 fully saturated rings. The number of carbonyl (C=O) groups excluding carboxylic acids is 2. The molecule has 2 amide bonds. The molecule has 1 unspecified atom stereocenters. The van der Waals surface area contributed by atoms with Crippen LogP contribution >= 0.6 is 11.8 Å². The maximum Gasteiger partial charge on any atom is 0.238 e. The van der Waals surface area contributed by atoms with Crippen molar-refractivity contribution in [2.45, 2.75) is 44.9 Å². The molecule has 2 aromatic carbocycles. The molecule has 4 rings (SSSR count). The minimum Gasteiger partial charge on any atom is -0.326 e. The van der Waals surface area contributed by atoms with Crippen molar-refractivity contribution in [3.8, 4) is 0 Å². The molecule has 1 heterocycles. The van der Waals surface area contributed by atoms with Crippen LogP contribution in [-0.4, -0.2) is 17.6 Å².